The zero-order valence-electron chi connectivity index (χ0n) is 21.9. The third-order valence-electron chi connectivity index (χ3n) is 7.08. The molecule has 0 saturated carbocycles. The van der Waals surface area contributed by atoms with Gasteiger partial charge in [-0.25, -0.2) is 17.3 Å². The molecule has 1 aliphatic rings. The number of carbonyl (C=O) groups excluding carboxylic acids is 1. The second-order valence-corrected chi connectivity index (χ2v) is 11.8. The Balaban J connectivity index is 1.60. The van der Waals surface area contributed by atoms with E-state index in [9.17, 15) is 17.8 Å². The second kappa shape index (κ2) is 11.5. The lowest BCUT2D eigenvalue weighted by atomic mass is 9.89. The van der Waals surface area contributed by atoms with Crippen molar-refractivity contribution in [1.29, 1.82) is 0 Å². The van der Waals surface area contributed by atoms with Crippen LogP contribution >= 0.6 is 11.9 Å². The molecule has 1 N–H and O–H groups in total. The summed E-state index contributed by atoms with van der Waals surface area (Å²) in [7, 11) is 2.11. The van der Waals surface area contributed by atoms with Crippen LogP contribution in [0.25, 0.3) is 22.3 Å². The fourth-order valence-electron chi connectivity index (χ4n) is 5.05. The molecule has 39 heavy (non-hydrogen) atoms. The van der Waals surface area contributed by atoms with E-state index in [0.29, 0.717) is 45.8 Å². The summed E-state index contributed by atoms with van der Waals surface area (Å²) in [6.07, 6.45) is 3.70. The van der Waals surface area contributed by atoms with Gasteiger partial charge in [0.1, 0.15) is 34.0 Å². The lowest BCUT2D eigenvalue weighted by molar-refractivity contribution is 0.0964. The third-order valence-corrected chi connectivity index (χ3v) is 9.31. The van der Waals surface area contributed by atoms with E-state index >= 15 is 0 Å². The number of amides is 1. The first-order chi connectivity index (χ1) is 18.8. The van der Waals surface area contributed by atoms with Gasteiger partial charge >= 0.3 is 0 Å². The fourth-order valence-corrected chi connectivity index (χ4v) is 6.68. The summed E-state index contributed by atoms with van der Waals surface area (Å²) in [5.74, 6) is -0.617. The number of halogens is 2. The molecular formula is C29H29F2N3O3S2. The summed E-state index contributed by atoms with van der Waals surface area (Å²) in [5.41, 5.74) is 3.51. The summed E-state index contributed by atoms with van der Waals surface area (Å²) < 4.78 is 50.6. The number of furan rings is 1. The molecule has 0 bridgehead atoms. The van der Waals surface area contributed by atoms with Gasteiger partial charge < -0.3 is 14.0 Å². The Morgan fingerprint density at radius 3 is 2.41 bits per heavy atom. The molecule has 204 valence electrons. The number of carbonyl (C=O) groups is 1. The summed E-state index contributed by atoms with van der Waals surface area (Å²) in [5, 5.41) is 3.38. The highest BCUT2D eigenvalue weighted by molar-refractivity contribution is 7.99. The highest BCUT2D eigenvalue weighted by Gasteiger charge is 2.30. The van der Waals surface area contributed by atoms with Crippen molar-refractivity contribution in [2.24, 2.45) is 0 Å². The number of hydrogen-bond donors (Lipinski definition) is 1. The van der Waals surface area contributed by atoms with Gasteiger partial charge in [0.25, 0.3) is 5.91 Å². The van der Waals surface area contributed by atoms with Crippen LogP contribution in [0, 0.1) is 11.6 Å². The Morgan fingerprint density at radius 2 is 1.77 bits per heavy atom. The van der Waals surface area contributed by atoms with E-state index in [1.165, 1.54) is 24.3 Å². The van der Waals surface area contributed by atoms with Crippen LogP contribution in [0.15, 0.2) is 70.0 Å². The number of anilines is 1. The number of benzene rings is 3. The van der Waals surface area contributed by atoms with Crippen molar-refractivity contribution in [3.8, 4) is 11.3 Å². The average Bonchev–Trinajstić information content (AvgIpc) is 3.34. The minimum absolute atomic E-state index is 0.0406. The monoisotopic (exact) mass is 569 g/mol. The van der Waals surface area contributed by atoms with Crippen molar-refractivity contribution in [1.82, 2.24) is 9.62 Å². The minimum Gasteiger partial charge on any atom is -0.455 e. The molecule has 10 heteroatoms. The smallest absolute Gasteiger partial charge is 0.255 e. The van der Waals surface area contributed by atoms with Crippen molar-refractivity contribution < 1.29 is 22.2 Å². The van der Waals surface area contributed by atoms with Gasteiger partial charge in [-0.2, -0.15) is 0 Å². The fraction of sp³-hybridized carbons (Fsp3) is 0.276. The lowest BCUT2D eigenvalue weighted by Crippen LogP contribution is -2.36. The van der Waals surface area contributed by atoms with Gasteiger partial charge in [0.05, 0.1) is 16.1 Å². The van der Waals surface area contributed by atoms with Crippen LogP contribution in [0.3, 0.4) is 0 Å². The molecule has 1 fully saturated rings. The number of rotatable bonds is 7. The molecule has 0 aliphatic carbocycles. The van der Waals surface area contributed by atoms with E-state index in [1.807, 2.05) is 34.0 Å². The Morgan fingerprint density at radius 1 is 1.10 bits per heavy atom. The zero-order valence-corrected chi connectivity index (χ0v) is 23.5. The van der Waals surface area contributed by atoms with Crippen molar-refractivity contribution in [2.45, 2.75) is 23.7 Å². The van der Waals surface area contributed by atoms with E-state index in [4.69, 9.17) is 4.42 Å². The van der Waals surface area contributed by atoms with Crippen LogP contribution in [-0.2, 0) is 11.0 Å². The standard InChI is InChI=1S/C29H29F2N3O3S2/c1-32-29(35)27-24-15-23(19-5-4-14-34(17-19)39(36)22-12-10-21(31)11-13-22)25(33(2)38-3)16-26(24)37-28(27)18-6-8-20(30)9-7-18/h6-13,15-16,19H,4-5,14,17H2,1-3H3,(H,32,35)/t19-,39?/m1/s1. The summed E-state index contributed by atoms with van der Waals surface area (Å²) >= 11 is 1.55. The molecular weight excluding hydrogens is 540 g/mol. The number of fused-ring (bicyclic) bond motifs is 1. The number of nitrogens with one attached hydrogen (secondary N) is 1. The third kappa shape index (κ3) is 5.46. The van der Waals surface area contributed by atoms with E-state index in [0.717, 1.165) is 24.1 Å². The molecule has 0 radical (unpaired) electrons. The summed E-state index contributed by atoms with van der Waals surface area (Å²) in [4.78, 5) is 13.7. The molecule has 1 amide bonds. The van der Waals surface area contributed by atoms with Crippen molar-refractivity contribution in [2.75, 3.05) is 37.7 Å². The van der Waals surface area contributed by atoms with Crippen molar-refractivity contribution >= 4 is 45.5 Å². The van der Waals surface area contributed by atoms with Crippen molar-refractivity contribution in [3.05, 3.63) is 83.4 Å². The van der Waals surface area contributed by atoms with Gasteiger partial charge in [0.2, 0.25) is 0 Å². The molecule has 1 saturated heterocycles. The van der Waals surface area contributed by atoms with E-state index < -0.39 is 11.0 Å². The Bertz CT molecular complexity index is 1520. The van der Waals surface area contributed by atoms with Gasteiger partial charge in [-0.3, -0.25) is 4.79 Å². The molecule has 1 aromatic heterocycles. The summed E-state index contributed by atoms with van der Waals surface area (Å²) in [6.45, 7) is 1.21. The maximum Gasteiger partial charge on any atom is 0.255 e. The van der Waals surface area contributed by atoms with Gasteiger partial charge in [0, 0.05) is 50.5 Å². The van der Waals surface area contributed by atoms with E-state index in [-0.39, 0.29) is 23.5 Å². The first-order valence-corrected chi connectivity index (χ1v) is 14.9. The number of hydrogen-bond acceptors (Lipinski definition) is 5. The van der Waals surface area contributed by atoms with Crippen LogP contribution in [0.1, 0.15) is 34.7 Å². The van der Waals surface area contributed by atoms with Crippen LogP contribution < -0.4 is 9.62 Å². The molecule has 5 rings (SSSR count). The lowest BCUT2D eigenvalue weighted by Gasteiger charge is -2.33. The Labute approximate surface area is 233 Å². The molecule has 0 spiro atoms. The number of piperidine rings is 1. The molecule has 2 atom stereocenters. The molecule has 2 heterocycles. The second-order valence-electron chi connectivity index (χ2n) is 9.41. The Hall–Kier alpha value is -3.21. The topological polar surface area (TPSA) is 65.8 Å². The quantitative estimate of drug-likeness (QED) is 0.263. The first-order valence-electron chi connectivity index (χ1n) is 12.6. The van der Waals surface area contributed by atoms with E-state index in [1.54, 1.807) is 43.3 Å². The van der Waals surface area contributed by atoms with Gasteiger partial charge in [-0.1, -0.05) is 11.9 Å². The van der Waals surface area contributed by atoms with Crippen molar-refractivity contribution in [3.63, 3.8) is 0 Å². The molecule has 6 nitrogen and oxygen atoms in total. The maximum atomic E-state index is 13.6. The van der Waals surface area contributed by atoms with Crippen LogP contribution in [-0.4, -0.2) is 47.9 Å². The number of nitrogens with zero attached hydrogens (tertiary/aromatic N) is 2. The molecule has 3 aromatic carbocycles. The van der Waals surface area contributed by atoms with Crippen LogP contribution in [0.2, 0.25) is 0 Å². The normalized spacial score (nSPS) is 16.8. The largest absolute Gasteiger partial charge is 0.455 e. The first kappa shape index (κ1) is 27.4. The molecule has 4 aromatic rings. The van der Waals surface area contributed by atoms with Gasteiger partial charge in [-0.05, 0) is 78.9 Å². The summed E-state index contributed by atoms with van der Waals surface area (Å²) in [6, 6.07) is 15.6. The van der Waals surface area contributed by atoms with Crippen LogP contribution in [0.4, 0.5) is 14.5 Å². The predicted octanol–water partition coefficient (Wildman–Crippen LogP) is 6.35. The van der Waals surface area contributed by atoms with Gasteiger partial charge in [0.15, 0.2) is 0 Å². The highest BCUT2D eigenvalue weighted by atomic mass is 32.2. The Kier molecular flexibility index (Phi) is 8.06. The highest BCUT2D eigenvalue weighted by Crippen LogP contribution is 2.42. The molecule has 1 unspecified atom stereocenters. The SMILES string of the molecule is CNC(=O)c1c(-c2ccc(F)cc2)oc2cc(N(C)SC)c([C@@H]3CCCN(S(=O)c4ccc(F)cc4)C3)cc12. The van der Waals surface area contributed by atoms with Crippen LogP contribution in [0.5, 0.6) is 0 Å². The average molecular weight is 570 g/mol. The van der Waals surface area contributed by atoms with E-state index in [2.05, 4.69) is 5.32 Å². The zero-order chi connectivity index (χ0) is 27.7. The minimum atomic E-state index is -1.42. The maximum absolute atomic E-state index is 13.6. The molecule has 1 aliphatic heterocycles. The predicted molar refractivity (Wildman–Crippen MR) is 153 cm³/mol. The van der Waals surface area contributed by atoms with Gasteiger partial charge in [-0.15, -0.1) is 0 Å².